The number of amides is 2. The van der Waals surface area contributed by atoms with Crippen LogP contribution in [0.25, 0.3) is 0 Å². The van der Waals surface area contributed by atoms with Crippen LogP contribution in [0, 0.1) is 17.7 Å². The summed E-state index contributed by atoms with van der Waals surface area (Å²) in [4.78, 5) is 15.5. The van der Waals surface area contributed by atoms with Gasteiger partial charge < -0.3 is 30.1 Å². The molecule has 1 heterocycles. The lowest BCUT2D eigenvalue weighted by molar-refractivity contribution is -0.0575. The highest BCUT2D eigenvalue weighted by molar-refractivity contribution is 5.74. The van der Waals surface area contributed by atoms with Gasteiger partial charge in [-0.15, -0.1) is 0 Å². The topological polar surface area (TPSA) is 83.1 Å². The summed E-state index contributed by atoms with van der Waals surface area (Å²) in [5.74, 6) is 0.877. The summed E-state index contributed by atoms with van der Waals surface area (Å²) in [6.07, 6.45) is 10.9. The van der Waals surface area contributed by atoms with Gasteiger partial charge in [-0.2, -0.15) is 0 Å². The van der Waals surface area contributed by atoms with Crippen LogP contribution in [0.15, 0.2) is 48.5 Å². The molecule has 2 aromatic rings. The van der Waals surface area contributed by atoms with E-state index < -0.39 is 11.4 Å². The third-order valence-electron chi connectivity index (χ3n) is 9.04. The molecule has 42 heavy (non-hydrogen) atoms. The van der Waals surface area contributed by atoms with Gasteiger partial charge in [0.1, 0.15) is 17.3 Å². The van der Waals surface area contributed by atoms with Crippen LogP contribution in [0.3, 0.4) is 0 Å². The van der Waals surface area contributed by atoms with Crippen molar-refractivity contribution in [1.29, 1.82) is 0 Å². The Kier molecular flexibility index (Phi) is 12.5. The van der Waals surface area contributed by atoms with Crippen LogP contribution < -0.4 is 15.4 Å². The number of aliphatic hydroxyl groups is 1. The van der Waals surface area contributed by atoms with Crippen LogP contribution in [0.1, 0.15) is 76.2 Å². The number of rotatable bonds is 14. The van der Waals surface area contributed by atoms with Crippen molar-refractivity contribution < 1.29 is 23.8 Å². The molecule has 2 amide bonds. The molecule has 0 spiro atoms. The molecule has 232 valence electrons. The summed E-state index contributed by atoms with van der Waals surface area (Å²) < 4.78 is 25.9. The van der Waals surface area contributed by atoms with Crippen molar-refractivity contribution in [3.8, 4) is 11.5 Å². The maximum absolute atomic E-state index is 14.5. The Hall–Kier alpha value is -2.68. The van der Waals surface area contributed by atoms with E-state index in [-0.39, 0.29) is 18.0 Å². The molecule has 2 aliphatic rings. The van der Waals surface area contributed by atoms with Crippen LogP contribution in [0.5, 0.6) is 11.5 Å². The average molecular weight is 584 g/mol. The highest BCUT2D eigenvalue weighted by Gasteiger charge is 2.43. The van der Waals surface area contributed by atoms with Gasteiger partial charge in [0, 0.05) is 56.9 Å². The number of piperidine rings is 1. The van der Waals surface area contributed by atoms with Gasteiger partial charge in [-0.25, -0.2) is 9.18 Å². The monoisotopic (exact) mass is 583 g/mol. The van der Waals surface area contributed by atoms with E-state index in [1.807, 2.05) is 42.3 Å². The molecule has 1 aliphatic heterocycles. The van der Waals surface area contributed by atoms with Gasteiger partial charge in [0.25, 0.3) is 0 Å². The Bertz CT molecular complexity index is 1100. The second-order valence-corrected chi connectivity index (χ2v) is 12.2. The number of urea groups is 1. The van der Waals surface area contributed by atoms with Crippen LogP contribution in [-0.2, 0) is 10.3 Å². The molecule has 3 N–H and O–H groups in total. The molecule has 0 bridgehead atoms. The SMILES string of the molecule is CNCC(CC1CCCCC1)NC(=O)N1CCCC(C(O)(CCCCOC)c2ccc(F)cc2Oc2ccccc2)C1. The minimum absolute atomic E-state index is 0.0712. The number of para-hydroxylation sites is 1. The van der Waals surface area contributed by atoms with Gasteiger partial charge in [0.15, 0.2) is 0 Å². The number of nitrogens with zero attached hydrogens (tertiary/aromatic N) is 1. The smallest absolute Gasteiger partial charge is 0.317 e. The number of methoxy groups -OCH3 is 1. The zero-order valence-electron chi connectivity index (χ0n) is 25.5. The number of unbranched alkanes of at least 4 members (excludes halogenated alkanes) is 1. The zero-order chi connectivity index (χ0) is 29.8. The molecule has 8 heteroatoms. The first-order chi connectivity index (χ1) is 20.4. The summed E-state index contributed by atoms with van der Waals surface area (Å²) >= 11 is 0. The van der Waals surface area contributed by atoms with Crippen LogP contribution in [-0.4, -0.2) is 62.5 Å². The Morgan fingerprint density at radius 1 is 1.10 bits per heavy atom. The van der Waals surface area contributed by atoms with E-state index in [0.29, 0.717) is 49.1 Å². The highest BCUT2D eigenvalue weighted by Crippen LogP contribution is 2.44. The van der Waals surface area contributed by atoms with Gasteiger partial charge in [-0.1, -0.05) is 50.3 Å². The summed E-state index contributed by atoms with van der Waals surface area (Å²) in [6, 6.07) is 13.6. The second-order valence-electron chi connectivity index (χ2n) is 12.2. The number of hydrogen-bond donors (Lipinski definition) is 3. The second kappa shape index (κ2) is 16.2. The Balaban J connectivity index is 1.54. The number of hydrogen-bond acceptors (Lipinski definition) is 5. The number of carbonyl (C=O) groups excluding carboxylic acids is 1. The molecule has 7 nitrogen and oxygen atoms in total. The highest BCUT2D eigenvalue weighted by atomic mass is 19.1. The maximum atomic E-state index is 14.5. The Labute approximate surface area is 251 Å². The van der Waals surface area contributed by atoms with Crippen molar-refractivity contribution in [3.05, 3.63) is 59.9 Å². The number of likely N-dealkylation sites (N-methyl/N-ethyl adjacent to an activating group) is 1. The Morgan fingerprint density at radius 2 is 1.88 bits per heavy atom. The van der Waals surface area contributed by atoms with Crippen LogP contribution >= 0.6 is 0 Å². The first-order valence-electron chi connectivity index (χ1n) is 15.9. The molecule has 0 radical (unpaired) electrons. The number of nitrogens with one attached hydrogen (secondary N) is 2. The largest absolute Gasteiger partial charge is 0.457 e. The molecular weight excluding hydrogens is 533 g/mol. The lowest BCUT2D eigenvalue weighted by Gasteiger charge is -2.43. The van der Waals surface area contributed by atoms with E-state index >= 15 is 0 Å². The lowest BCUT2D eigenvalue weighted by Crippen LogP contribution is -2.54. The average Bonchev–Trinajstić information content (AvgIpc) is 3.00. The first-order valence-corrected chi connectivity index (χ1v) is 15.9. The van der Waals surface area contributed by atoms with Gasteiger partial charge in [-0.05, 0) is 75.8 Å². The van der Waals surface area contributed by atoms with E-state index in [1.54, 1.807) is 13.2 Å². The third-order valence-corrected chi connectivity index (χ3v) is 9.04. The van der Waals surface area contributed by atoms with Crippen molar-refractivity contribution in [1.82, 2.24) is 15.5 Å². The summed E-state index contributed by atoms with van der Waals surface area (Å²) in [6.45, 7) is 2.40. The van der Waals surface area contributed by atoms with E-state index in [4.69, 9.17) is 9.47 Å². The number of ether oxygens (including phenoxy) is 2. The van der Waals surface area contributed by atoms with Gasteiger partial charge in [0.2, 0.25) is 0 Å². The lowest BCUT2D eigenvalue weighted by atomic mass is 9.73. The third kappa shape index (κ3) is 8.91. The number of carbonyl (C=O) groups is 1. The molecule has 2 aromatic carbocycles. The van der Waals surface area contributed by atoms with Gasteiger partial charge in [-0.3, -0.25) is 0 Å². The molecule has 1 saturated heterocycles. The van der Waals surface area contributed by atoms with Crippen molar-refractivity contribution in [2.24, 2.45) is 11.8 Å². The quantitative estimate of drug-likeness (QED) is 0.218. The minimum atomic E-state index is -1.31. The van der Waals surface area contributed by atoms with E-state index in [1.165, 1.54) is 44.2 Å². The van der Waals surface area contributed by atoms with Crippen molar-refractivity contribution in [2.45, 2.75) is 82.3 Å². The number of benzene rings is 2. The molecule has 0 aromatic heterocycles. The fourth-order valence-electron chi connectivity index (χ4n) is 6.84. The fourth-order valence-corrected chi connectivity index (χ4v) is 6.84. The Morgan fingerprint density at radius 3 is 2.62 bits per heavy atom. The van der Waals surface area contributed by atoms with Crippen molar-refractivity contribution in [3.63, 3.8) is 0 Å². The van der Waals surface area contributed by atoms with Gasteiger partial charge >= 0.3 is 6.03 Å². The summed E-state index contributed by atoms with van der Waals surface area (Å²) in [5, 5.41) is 19.1. The van der Waals surface area contributed by atoms with Crippen LogP contribution in [0.4, 0.5) is 9.18 Å². The van der Waals surface area contributed by atoms with Crippen LogP contribution in [0.2, 0.25) is 0 Å². The van der Waals surface area contributed by atoms with E-state index in [9.17, 15) is 14.3 Å². The van der Waals surface area contributed by atoms with Crippen molar-refractivity contribution >= 4 is 6.03 Å². The predicted octanol–water partition coefficient (Wildman–Crippen LogP) is 6.60. The summed E-state index contributed by atoms with van der Waals surface area (Å²) in [7, 11) is 3.60. The molecule has 1 aliphatic carbocycles. The maximum Gasteiger partial charge on any atom is 0.317 e. The number of halogens is 1. The molecular formula is C34H50FN3O4. The first kappa shape index (κ1) is 32.2. The zero-order valence-corrected chi connectivity index (χ0v) is 25.5. The van der Waals surface area contributed by atoms with E-state index in [0.717, 1.165) is 38.6 Å². The molecule has 3 unspecified atom stereocenters. The normalized spacial score (nSPS) is 20.1. The predicted molar refractivity (Wildman–Crippen MR) is 164 cm³/mol. The molecule has 3 atom stereocenters. The minimum Gasteiger partial charge on any atom is -0.457 e. The standard InChI is InChI=1S/C34H50FN3O4/c1-36-24-29(22-26-12-5-3-6-13-26)37-33(39)38-20-11-14-27(25-38)34(40,19-9-10-21-41-2)31-18-17-28(35)23-32(31)42-30-15-7-4-8-16-30/h4,7-8,15-18,23,26-27,29,36,40H,3,5-6,9-14,19-22,24-25H2,1-2H3,(H,37,39). The summed E-state index contributed by atoms with van der Waals surface area (Å²) in [5.41, 5.74) is -0.750. The van der Waals surface area contributed by atoms with Crippen molar-refractivity contribution in [2.75, 3.05) is 40.4 Å². The fraction of sp³-hybridized carbons (Fsp3) is 0.618. The number of likely N-dealkylation sites (tertiary alicyclic amines) is 1. The van der Waals surface area contributed by atoms with Gasteiger partial charge in [0.05, 0.1) is 5.60 Å². The molecule has 2 fully saturated rings. The molecule has 1 saturated carbocycles. The van der Waals surface area contributed by atoms with E-state index in [2.05, 4.69) is 10.6 Å². The molecule has 4 rings (SSSR count).